The van der Waals surface area contributed by atoms with Gasteiger partial charge in [-0.3, -0.25) is 0 Å². The average molecular weight is 343 g/mol. The molecule has 4 nitrogen and oxygen atoms in total. The summed E-state index contributed by atoms with van der Waals surface area (Å²) in [5, 5.41) is 0. The van der Waals surface area contributed by atoms with Gasteiger partial charge in [0.2, 0.25) is 0 Å². The molecule has 2 N–H and O–H groups in total. The molecule has 1 aromatic rings. The Morgan fingerprint density at radius 2 is 1.83 bits per heavy atom. The molecule has 1 saturated heterocycles. The lowest BCUT2D eigenvalue weighted by molar-refractivity contribution is -0.0501. The lowest BCUT2D eigenvalue weighted by atomic mass is 9.77. The van der Waals surface area contributed by atoms with E-state index in [9.17, 15) is 13.2 Å². The van der Waals surface area contributed by atoms with Crippen molar-refractivity contribution in [3.8, 4) is 5.75 Å². The zero-order valence-electron chi connectivity index (χ0n) is 14.1. The molecule has 0 atom stereocenters. The summed E-state index contributed by atoms with van der Waals surface area (Å²) in [7, 11) is -0.718. The summed E-state index contributed by atoms with van der Waals surface area (Å²) in [5.74, 6) is -0.944. The zero-order chi connectivity index (χ0) is 18.1. The first-order valence-electron chi connectivity index (χ1n) is 7.56. The number of rotatable bonds is 5. The van der Waals surface area contributed by atoms with Crippen molar-refractivity contribution < 1.29 is 27.2 Å². The Balaban J connectivity index is 2.35. The molecule has 0 spiro atoms. The van der Waals surface area contributed by atoms with E-state index in [-0.39, 0.29) is 17.9 Å². The molecule has 1 heterocycles. The Hall–Kier alpha value is -1.51. The molecule has 132 valence electrons. The summed E-state index contributed by atoms with van der Waals surface area (Å²) in [6.07, 6.45) is 1.53. The lowest BCUT2D eigenvalue weighted by Gasteiger charge is -2.32. The second-order valence-electron chi connectivity index (χ2n) is 6.57. The van der Waals surface area contributed by atoms with Crippen LogP contribution in [0, 0.1) is 5.82 Å². The third-order valence-corrected chi connectivity index (χ3v) is 4.32. The fraction of sp³-hybridized carbons (Fsp3) is 0.500. The van der Waals surface area contributed by atoms with Gasteiger partial charge in [-0.15, -0.1) is 0 Å². The minimum Gasteiger partial charge on any atom is -0.434 e. The summed E-state index contributed by atoms with van der Waals surface area (Å²) in [6, 6.07) is 3.40. The Morgan fingerprint density at radius 1 is 1.25 bits per heavy atom. The van der Waals surface area contributed by atoms with Crippen LogP contribution < -0.4 is 10.5 Å². The molecule has 1 aliphatic rings. The highest BCUT2D eigenvalue weighted by molar-refractivity contribution is 6.55. The summed E-state index contributed by atoms with van der Waals surface area (Å²) < 4.78 is 54.5. The van der Waals surface area contributed by atoms with E-state index in [1.165, 1.54) is 12.1 Å². The Morgan fingerprint density at radius 3 is 2.33 bits per heavy atom. The van der Waals surface area contributed by atoms with Crippen molar-refractivity contribution >= 4 is 13.2 Å². The lowest BCUT2D eigenvalue weighted by Crippen LogP contribution is -2.41. The van der Waals surface area contributed by atoms with Crippen molar-refractivity contribution in [1.82, 2.24) is 0 Å². The molecule has 24 heavy (non-hydrogen) atoms. The van der Waals surface area contributed by atoms with E-state index in [2.05, 4.69) is 4.74 Å². The van der Waals surface area contributed by atoms with E-state index in [4.69, 9.17) is 15.0 Å². The monoisotopic (exact) mass is 343 g/mol. The molecule has 0 amide bonds. The van der Waals surface area contributed by atoms with Crippen LogP contribution >= 0.6 is 0 Å². The van der Waals surface area contributed by atoms with Gasteiger partial charge in [0.15, 0.2) is 0 Å². The number of halogens is 3. The summed E-state index contributed by atoms with van der Waals surface area (Å²) >= 11 is 0. The standard InChI is InChI=1S/C16H21BF3NO3/c1-15(2)16(3,4)24-17(23-15)11(9-21)7-10-5-6-12(18)8-13(10)22-14(19)20/h5-8,14H,9,21H2,1-4H3. The van der Waals surface area contributed by atoms with E-state index in [0.29, 0.717) is 5.47 Å². The number of hydrogen-bond donors (Lipinski definition) is 1. The number of benzene rings is 1. The van der Waals surface area contributed by atoms with Gasteiger partial charge in [-0.1, -0.05) is 6.08 Å². The molecule has 0 saturated carbocycles. The predicted octanol–water partition coefficient (Wildman–Crippen LogP) is 3.40. The van der Waals surface area contributed by atoms with E-state index >= 15 is 0 Å². The average Bonchev–Trinajstić information content (AvgIpc) is 2.66. The quantitative estimate of drug-likeness (QED) is 0.833. The Labute approximate surface area is 139 Å². The smallest absolute Gasteiger partial charge is 0.434 e. The fourth-order valence-corrected chi connectivity index (χ4v) is 2.24. The third-order valence-electron chi connectivity index (χ3n) is 4.32. The molecule has 0 aliphatic carbocycles. The van der Waals surface area contributed by atoms with Crippen LogP contribution in [0.2, 0.25) is 0 Å². The Bertz CT molecular complexity index is 619. The topological polar surface area (TPSA) is 53.7 Å². The van der Waals surface area contributed by atoms with Crippen molar-refractivity contribution in [3.05, 3.63) is 35.1 Å². The van der Waals surface area contributed by atoms with Gasteiger partial charge >= 0.3 is 13.7 Å². The second kappa shape index (κ2) is 6.78. The van der Waals surface area contributed by atoms with Crippen molar-refractivity contribution in [2.75, 3.05) is 6.54 Å². The maximum absolute atomic E-state index is 13.3. The van der Waals surface area contributed by atoms with Gasteiger partial charge in [0.25, 0.3) is 0 Å². The molecule has 0 radical (unpaired) electrons. The maximum Gasteiger partial charge on any atom is 0.491 e. The van der Waals surface area contributed by atoms with Crippen molar-refractivity contribution in [2.45, 2.75) is 45.5 Å². The highest BCUT2D eigenvalue weighted by Crippen LogP contribution is 2.39. The zero-order valence-corrected chi connectivity index (χ0v) is 14.1. The summed E-state index contributed by atoms with van der Waals surface area (Å²) in [6.45, 7) is 4.60. The highest BCUT2D eigenvalue weighted by atomic mass is 19.3. The minimum absolute atomic E-state index is 0.0856. The van der Waals surface area contributed by atoms with Gasteiger partial charge in [-0.05, 0) is 45.3 Å². The SMILES string of the molecule is CC1(C)OB(C(=Cc2ccc(F)cc2OC(F)F)CN)OC1(C)C. The number of ether oxygens (including phenoxy) is 1. The molecular weight excluding hydrogens is 322 g/mol. The van der Waals surface area contributed by atoms with Crippen molar-refractivity contribution in [3.63, 3.8) is 0 Å². The molecular formula is C16H21BF3NO3. The first-order chi connectivity index (χ1) is 11.1. The molecule has 0 bridgehead atoms. The van der Waals surface area contributed by atoms with Crippen molar-refractivity contribution in [2.24, 2.45) is 5.73 Å². The van der Waals surface area contributed by atoms with E-state index in [0.717, 1.165) is 12.1 Å². The van der Waals surface area contributed by atoms with Crippen LogP contribution in [0.4, 0.5) is 13.2 Å². The predicted molar refractivity (Wildman–Crippen MR) is 86.1 cm³/mol. The van der Waals surface area contributed by atoms with Crippen LogP contribution in [0.1, 0.15) is 33.3 Å². The summed E-state index contributed by atoms with van der Waals surface area (Å²) in [4.78, 5) is 0. The van der Waals surface area contributed by atoms with Gasteiger partial charge in [0.05, 0.1) is 11.2 Å². The normalized spacial score (nSPS) is 19.9. The second-order valence-corrected chi connectivity index (χ2v) is 6.57. The van der Waals surface area contributed by atoms with Gasteiger partial charge in [-0.25, -0.2) is 4.39 Å². The van der Waals surface area contributed by atoms with Crippen LogP contribution in [0.3, 0.4) is 0 Å². The van der Waals surface area contributed by atoms with E-state index < -0.39 is 30.7 Å². The number of hydrogen-bond acceptors (Lipinski definition) is 4. The number of alkyl halides is 2. The van der Waals surface area contributed by atoms with Gasteiger partial charge < -0.3 is 19.8 Å². The number of nitrogens with two attached hydrogens (primary N) is 1. The molecule has 8 heteroatoms. The van der Waals surface area contributed by atoms with Crippen LogP contribution in [0.15, 0.2) is 23.7 Å². The molecule has 1 fully saturated rings. The fourth-order valence-electron chi connectivity index (χ4n) is 2.24. The first-order valence-corrected chi connectivity index (χ1v) is 7.56. The molecule has 2 rings (SSSR count). The van der Waals surface area contributed by atoms with Gasteiger partial charge in [0, 0.05) is 18.2 Å². The molecule has 0 unspecified atom stereocenters. The van der Waals surface area contributed by atoms with Crippen molar-refractivity contribution in [1.29, 1.82) is 0 Å². The van der Waals surface area contributed by atoms with Gasteiger partial charge in [-0.2, -0.15) is 8.78 Å². The summed E-state index contributed by atoms with van der Waals surface area (Å²) in [5.41, 5.74) is 5.46. The molecule has 1 aromatic carbocycles. The maximum atomic E-state index is 13.3. The van der Waals surface area contributed by atoms with Crippen LogP contribution in [-0.4, -0.2) is 31.5 Å². The van der Waals surface area contributed by atoms with Crippen LogP contribution in [0.5, 0.6) is 5.75 Å². The minimum atomic E-state index is -3.06. The largest absolute Gasteiger partial charge is 0.491 e. The Kier molecular flexibility index (Phi) is 5.32. The molecule has 1 aliphatic heterocycles. The van der Waals surface area contributed by atoms with Gasteiger partial charge in [0.1, 0.15) is 11.6 Å². The van der Waals surface area contributed by atoms with E-state index in [1.54, 1.807) is 0 Å². The molecule has 0 aromatic heterocycles. The first kappa shape index (κ1) is 18.8. The van der Waals surface area contributed by atoms with Crippen LogP contribution in [-0.2, 0) is 9.31 Å². The highest BCUT2D eigenvalue weighted by Gasteiger charge is 2.52. The van der Waals surface area contributed by atoms with E-state index in [1.807, 2.05) is 27.7 Å². The van der Waals surface area contributed by atoms with Crippen LogP contribution in [0.25, 0.3) is 6.08 Å². The third kappa shape index (κ3) is 3.93.